The number of halogens is 1. The highest BCUT2D eigenvalue weighted by atomic mass is 19.1. The van der Waals surface area contributed by atoms with Gasteiger partial charge in [0.1, 0.15) is 5.82 Å². The normalized spacial score (nSPS) is 17.7. The molecular formula is C24H34FN3O. The number of aryl methyl sites for hydroxylation is 1. The van der Waals surface area contributed by atoms with Gasteiger partial charge in [-0.3, -0.25) is 4.79 Å². The molecule has 5 heteroatoms. The lowest BCUT2D eigenvalue weighted by Gasteiger charge is -2.22. The fraction of sp³-hybridized carbons (Fsp3) is 0.542. The van der Waals surface area contributed by atoms with Gasteiger partial charge in [-0.15, -0.1) is 0 Å². The molecule has 0 unspecified atom stereocenters. The third-order valence-corrected chi connectivity index (χ3v) is 6.09. The van der Waals surface area contributed by atoms with E-state index in [1.165, 1.54) is 18.6 Å². The molecule has 1 amide bonds. The van der Waals surface area contributed by atoms with Crippen molar-refractivity contribution in [1.82, 2.24) is 14.8 Å². The number of likely N-dealkylation sites (tertiary alicyclic amines) is 1. The Balaban J connectivity index is 1.77. The van der Waals surface area contributed by atoms with E-state index in [1.54, 1.807) is 0 Å². The second-order valence-electron chi connectivity index (χ2n) is 9.29. The summed E-state index contributed by atoms with van der Waals surface area (Å²) < 4.78 is 15.4. The Bertz CT molecular complexity index is 848. The van der Waals surface area contributed by atoms with E-state index in [0.717, 1.165) is 48.4 Å². The topological polar surface area (TPSA) is 37.3 Å². The molecule has 1 aliphatic heterocycles. The molecule has 0 radical (unpaired) electrons. The van der Waals surface area contributed by atoms with Gasteiger partial charge in [0.25, 0.3) is 5.91 Å². The Morgan fingerprint density at radius 1 is 1.24 bits per heavy atom. The SMILES string of the molecule is Cc1c(C(=O)NC[C@@H]2CCCN2C)cc(C(C)(C)C)n1CCc1ccc(F)cc1. The molecule has 0 spiro atoms. The van der Waals surface area contributed by atoms with E-state index in [0.29, 0.717) is 12.6 Å². The molecule has 1 saturated heterocycles. The van der Waals surface area contributed by atoms with Gasteiger partial charge in [-0.2, -0.15) is 0 Å². The van der Waals surface area contributed by atoms with Crippen molar-refractivity contribution in [2.45, 2.75) is 65.0 Å². The number of rotatable bonds is 6. The van der Waals surface area contributed by atoms with Crippen LogP contribution in [0.5, 0.6) is 0 Å². The summed E-state index contributed by atoms with van der Waals surface area (Å²) in [4.78, 5) is 15.3. The van der Waals surface area contributed by atoms with Gasteiger partial charge in [0.05, 0.1) is 5.56 Å². The number of amides is 1. The Morgan fingerprint density at radius 3 is 2.52 bits per heavy atom. The van der Waals surface area contributed by atoms with Crippen LogP contribution < -0.4 is 5.32 Å². The first-order valence-electron chi connectivity index (χ1n) is 10.6. The number of nitrogens with one attached hydrogen (secondary N) is 1. The monoisotopic (exact) mass is 399 g/mol. The van der Waals surface area contributed by atoms with Crippen molar-refractivity contribution in [3.05, 3.63) is 58.7 Å². The number of likely N-dealkylation sites (N-methyl/N-ethyl adjacent to an activating group) is 1. The van der Waals surface area contributed by atoms with Crippen molar-refractivity contribution >= 4 is 5.91 Å². The summed E-state index contributed by atoms with van der Waals surface area (Å²) in [6.45, 7) is 11.1. The van der Waals surface area contributed by atoms with E-state index < -0.39 is 0 Å². The third kappa shape index (κ3) is 5.08. The van der Waals surface area contributed by atoms with Gasteiger partial charge in [0.15, 0.2) is 0 Å². The maximum absolute atomic E-state index is 13.2. The van der Waals surface area contributed by atoms with Gasteiger partial charge < -0.3 is 14.8 Å². The zero-order chi connectivity index (χ0) is 21.2. The summed E-state index contributed by atoms with van der Waals surface area (Å²) in [6.07, 6.45) is 3.14. The van der Waals surface area contributed by atoms with Gasteiger partial charge >= 0.3 is 0 Å². The molecule has 4 nitrogen and oxygen atoms in total. The van der Waals surface area contributed by atoms with Gasteiger partial charge in [0, 0.05) is 35.9 Å². The lowest BCUT2D eigenvalue weighted by atomic mass is 9.91. The van der Waals surface area contributed by atoms with Gasteiger partial charge in [-0.25, -0.2) is 4.39 Å². The molecule has 2 aromatic rings. The Kier molecular flexibility index (Phi) is 6.47. The van der Waals surface area contributed by atoms with E-state index in [9.17, 15) is 9.18 Å². The number of hydrogen-bond acceptors (Lipinski definition) is 2. The van der Waals surface area contributed by atoms with Crippen molar-refractivity contribution in [2.75, 3.05) is 20.1 Å². The lowest BCUT2D eigenvalue weighted by Crippen LogP contribution is -2.38. The zero-order valence-electron chi connectivity index (χ0n) is 18.4. The molecule has 3 rings (SSSR count). The third-order valence-electron chi connectivity index (χ3n) is 6.09. The molecule has 0 bridgehead atoms. The summed E-state index contributed by atoms with van der Waals surface area (Å²) in [5.74, 6) is -0.207. The molecule has 1 atom stereocenters. The van der Waals surface area contributed by atoms with Gasteiger partial charge in [-0.1, -0.05) is 32.9 Å². The van der Waals surface area contributed by atoms with Crippen molar-refractivity contribution in [1.29, 1.82) is 0 Å². The van der Waals surface area contributed by atoms with Crippen LogP contribution in [-0.4, -0.2) is 41.6 Å². The summed E-state index contributed by atoms with van der Waals surface area (Å²) in [5.41, 5.74) is 3.93. The molecule has 1 aromatic carbocycles. The minimum atomic E-state index is -0.215. The second-order valence-corrected chi connectivity index (χ2v) is 9.29. The Morgan fingerprint density at radius 2 is 1.93 bits per heavy atom. The second kappa shape index (κ2) is 8.70. The molecule has 0 aliphatic carbocycles. The highest BCUT2D eigenvalue weighted by Gasteiger charge is 2.26. The van der Waals surface area contributed by atoms with Gasteiger partial charge in [-0.05, 0) is 63.5 Å². The van der Waals surface area contributed by atoms with E-state index in [4.69, 9.17) is 0 Å². The zero-order valence-corrected chi connectivity index (χ0v) is 18.4. The summed E-state index contributed by atoms with van der Waals surface area (Å²) in [7, 11) is 2.12. The minimum Gasteiger partial charge on any atom is -0.350 e. The van der Waals surface area contributed by atoms with Crippen LogP contribution in [0.4, 0.5) is 4.39 Å². The van der Waals surface area contributed by atoms with Crippen LogP contribution >= 0.6 is 0 Å². The number of benzene rings is 1. The summed E-state index contributed by atoms with van der Waals surface area (Å²) in [6, 6.07) is 9.14. The van der Waals surface area contributed by atoms with Crippen molar-refractivity contribution in [2.24, 2.45) is 0 Å². The Labute approximate surface area is 174 Å². The molecule has 1 aromatic heterocycles. The van der Waals surface area contributed by atoms with Crippen LogP contribution in [0.1, 0.15) is 60.9 Å². The number of carbonyl (C=O) groups excluding carboxylic acids is 1. The summed E-state index contributed by atoms with van der Waals surface area (Å²) >= 11 is 0. The fourth-order valence-electron chi connectivity index (χ4n) is 4.22. The standard InChI is InChI=1S/C24H34FN3O/c1-17-21(23(29)26-16-20-7-6-13-27(20)5)15-22(24(2,3)4)28(17)14-12-18-8-10-19(25)11-9-18/h8-11,15,20H,6-7,12-14,16H2,1-5H3,(H,26,29)/t20-/m0/s1. The molecule has 1 fully saturated rings. The molecule has 1 N–H and O–H groups in total. The largest absolute Gasteiger partial charge is 0.350 e. The maximum Gasteiger partial charge on any atom is 0.253 e. The highest BCUT2D eigenvalue weighted by molar-refractivity contribution is 5.95. The van der Waals surface area contributed by atoms with Crippen LogP contribution in [0, 0.1) is 12.7 Å². The average molecular weight is 400 g/mol. The smallest absolute Gasteiger partial charge is 0.253 e. The number of hydrogen-bond donors (Lipinski definition) is 1. The van der Waals surface area contributed by atoms with E-state index in [-0.39, 0.29) is 17.1 Å². The molecular weight excluding hydrogens is 365 g/mol. The predicted octanol–water partition coefficient (Wildman–Crippen LogP) is 4.30. The average Bonchev–Trinajstić information content (AvgIpc) is 3.22. The molecule has 1 aliphatic rings. The van der Waals surface area contributed by atoms with Crippen LogP contribution in [0.15, 0.2) is 30.3 Å². The number of nitrogens with zero attached hydrogens (tertiary/aromatic N) is 2. The van der Waals surface area contributed by atoms with E-state index >= 15 is 0 Å². The molecule has 158 valence electrons. The van der Waals surface area contributed by atoms with Crippen LogP contribution in [-0.2, 0) is 18.4 Å². The summed E-state index contributed by atoms with van der Waals surface area (Å²) in [5, 5.41) is 3.15. The van der Waals surface area contributed by atoms with Gasteiger partial charge in [0.2, 0.25) is 0 Å². The first-order chi connectivity index (χ1) is 13.7. The predicted molar refractivity (Wildman–Crippen MR) is 116 cm³/mol. The van der Waals surface area contributed by atoms with Crippen molar-refractivity contribution in [3.8, 4) is 0 Å². The molecule has 0 saturated carbocycles. The highest BCUT2D eigenvalue weighted by Crippen LogP contribution is 2.28. The maximum atomic E-state index is 13.2. The van der Waals surface area contributed by atoms with E-state index in [1.807, 2.05) is 25.1 Å². The molecule has 2 heterocycles. The fourth-order valence-corrected chi connectivity index (χ4v) is 4.22. The number of aromatic nitrogens is 1. The van der Waals surface area contributed by atoms with Crippen molar-refractivity contribution in [3.63, 3.8) is 0 Å². The van der Waals surface area contributed by atoms with Crippen LogP contribution in [0.2, 0.25) is 0 Å². The quantitative estimate of drug-likeness (QED) is 0.786. The Hall–Kier alpha value is -2.14. The minimum absolute atomic E-state index is 0.00818. The lowest BCUT2D eigenvalue weighted by molar-refractivity contribution is 0.0943. The van der Waals surface area contributed by atoms with E-state index in [2.05, 4.69) is 42.6 Å². The first-order valence-corrected chi connectivity index (χ1v) is 10.6. The molecule has 29 heavy (non-hydrogen) atoms. The number of carbonyl (C=O) groups is 1. The van der Waals surface area contributed by atoms with Crippen LogP contribution in [0.25, 0.3) is 0 Å². The van der Waals surface area contributed by atoms with Crippen LogP contribution in [0.3, 0.4) is 0 Å². The van der Waals surface area contributed by atoms with Crippen molar-refractivity contribution < 1.29 is 9.18 Å². The first kappa shape index (κ1) is 21.6.